The van der Waals surface area contributed by atoms with Gasteiger partial charge in [0, 0.05) is 24.1 Å². The van der Waals surface area contributed by atoms with E-state index in [2.05, 4.69) is 23.0 Å². The number of aryl methyl sites for hydroxylation is 1. The molecule has 0 fully saturated rings. The standard InChI is InChI=1S/C24H29N2O4/c1-6-25-17(5)26(22-14-19(9-11-21(22)25)24(28)30-8-3)15-20-13-18(16(4)27)10-12-23(20)29-7-2/h9-14H,6-8,15H2,1-5H3/q+1. The molecule has 1 aromatic heterocycles. The van der Waals surface area contributed by atoms with Crippen LogP contribution in [0.25, 0.3) is 11.0 Å². The van der Waals surface area contributed by atoms with Gasteiger partial charge in [0.05, 0.1) is 25.3 Å². The summed E-state index contributed by atoms with van der Waals surface area (Å²) in [6, 6.07) is 11.2. The number of nitrogens with zero attached hydrogens (tertiary/aromatic N) is 2. The Bertz CT molecular complexity index is 1100. The number of hydrogen-bond donors (Lipinski definition) is 0. The summed E-state index contributed by atoms with van der Waals surface area (Å²) in [7, 11) is 0. The summed E-state index contributed by atoms with van der Waals surface area (Å²) in [5.41, 5.74) is 4.08. The van der Waals surface area contributed by atoms with E-state index in [9.17, 15) is 9.59 Å². The lowest BCUT2D eigenvalue weighted by atomic mass is 10.1. The summed E-state index contributed by atoms with van der Waals surface area (Å²) in [6.45, 7) is 11.7. The van der Waals surface area contributed by atoms with Crippen molar-refractivity contribution in [3.05, 3.63) is 58.9 Å². The second-order valence-electron chi connectivity index (χ2n) is 7.11. The van der Waals surface area contributed by atoms with Crippen LogP contribution in [0.1, 0.15) is 59.8 Å². The lowest BCUT2D eigenvalue weighted by Gasteiger charge is -2.11. The van der Waals surface area contributed by atoms with Gasteiger partial charge >= 0.3 is 5.97 Å². The molecule has 0 aliphatic rings. The molecule has 6 nitrogen and oxygen atoms in total. The Morgan fingerprint density at radius 3 is 2.37 bits per heavy atom. The Kier molecular flexibility index (Phi) is 6.55. The Morgan fingerprint density at radius 2 is 1.73 bits per heavy atom. The number of aromatic nitrogens is 2. The van der Waals surface area contributed by atoms with Crippen LogP contribution in [0.5, 0.6) is 5.75 Å². The van der Waals surface area contributed by atoms with E-state index in [1.807, 2.05) is 31.2 Å². The normalized spacial score (nSPS) is 11.0. The molecule has 158 valence electrons. The van der Waals surface area contributed by atoms with E-state index in [-0.39, 0.29) is 11.8 Å². The first-order chi connectivity index (χ1) is 14.4. The second-order valence-corrected chi connectivity index (χ2v) is 7.11. The molecular formula is C24H29N2O4+. The average Bonchev–Trinajstić information content (AvgIpc) is 2.99. The molecular weight excluding hydrogens is 380 g/mol. The van der Waals surface area contributed by atoms with E-state index >= 15 is 0 Å². The number of carbonyl (C=O) groups excluding carboxylic acids is 2. The molecule has 0 N–H and O–H groups in total. The van der Waals surface area contributed by atoms with Crippen LogP contribution in [0.2, 0.25) is 0 Å². The smallest absolute Gasteiger partial charge is 0.338 e. The Hall–Kier alpha value is -3.15. The van der Waals surface area contributed by atoms with Gasteiger partial charge in [-0.15, -0.1) is 0 Å². The summed E-state index contributed by atoms with van der Waals surface area (Å²) in [4.78, 5) is 24.2. The van der Waals surface area contributed by atoms with Gasteiger partial charge in [0.15, 0.2) is 16.8 Å². The summed E-state index contributed by atoms with van der Waals surface area (Å²) in [5, 5.41) is 0. The van der Waals surface area contributed by atoms with Gasteiger partial charge in [0.1, 0.15) is 12.3 Å². The zero-order chi connectivity index (χ0) is 21.8. The highest BCUT2D eigenvalue weighted by Gasteiger charge is 2.24. The molecule has 0 radical (unpaired) electrons. The highest BCUT2D eigenvalue weighted by Crippen LogP contribution is 2.25. The third-order valence-electron chi connectivity index (χ3n) is 5.26. The fourth-order valence-corrected chi connectivity index (χ4v) is 3.79. The van der Waals surface area contributed by atoms with E-state index in [4.69, 9.17) is 9.47 Å². The van der Waals surface area contributed by atoms with E-state index in [0.717, 1.165) is 34.7 Å². The van der Waals surface area contributed by atoms with Gasteiger partial charge in [0.2, 0.25) is 0 Å². The molecule has 2 aromatic carbocycles. The fraction of sp³-hybridized carbons (Fsp3) is 0.375. The van der Waals surface area contributed by atoms with Crippen LogP contribution in [0.3, 0.4) is 0 Å². The lowest BCUT2D eigenvalue weighted by Crippen LogP contribution is -2.35. The van der Waals surface area contributed by atoms with Crippen molar-refractivity contribution in [1.29, 1.82) is 0 Å². The Morgan fingerprint density at radius 1 is 1.00 bits per heavy atom. The first-order valence-corrected chi connectivity index (χ1v) is 10.4. The summed E-state index contributed by atoms with van der Waals surface area (Å²) in [5.74, 6) is 1.50. The van der Waals surface area contributed by atoms with Gasteiger partial charge in [-0.1, -0.05) is 0 Å². The molecule has 0 atom stereocenters. The molecule has 30 heavy (non-hydrogen) atoms. The molecule has 3 rings (SSSR count). The molecule has 0 bridgehead atoms. The quantitative estimate of drug-likeness (QED) is 0.319. The maximum Gasteiger partial charge on any atom is 0.338 e. The van der Waals surface area contributed by atoms with Crippen molar-refractivity contribution >= 4 is 22.8 Å². The topological polar surface area (TPSA) is 61.4 Å². The number of ketones is 1. The van der Waals surface area contributed by atoms with Crippen LogP contribution in [0.15, 0.2) is 36.4 Å². The molecule has 0 aliphatic heterocycles. The number of carbonyl (C=O) groups is 2. The van der Waals surface area contributed by atoms with Crippen LogP contribution in [-0.4, -0.2) is 29.5 Å². The van der Waals surface area contributed by atoms with Gasteiger partial charge in [-0.3, -0.25) is 4.79 Å². The van der Waals surface area contributed by atoms with Crippen molar-refractivity contribution in [2.24, 2.45) is 0 Å². The van der Waals surface area contributed by atoms with E-state index in [1.54, 1.807) is 26.0 Å². The number of imidazole rings is 1. The van der Waals surface area contributed by atoms with Crippen LogP contribution in [0, 0.1) is 6.92 Å². The summed E-state index contributed by atoms with van der Waals surface area (Å²) >= 11 is 0. The fourth-order valence-electron chi connectivity index (χ4n) is 3.79. The average molecular weight is 410 g/mol. The molecule has 1 heterocycles. The van der Waals surface area contributed by atoms with Crippen LogP contribution in [-0.2, 0) is 17.8 Å². The van der Waals surface area contributed by atoms with Crippen molar-refractivity contribution in [2.45, 2.75) is 47.7 Å². The van der Waals surface area contributed by atoms with Gasteiger partial charge < -0.3 is 9.47 Å². The Balaban J connectivity index is 2.16. The number of esters is 1. The Labute approximate surface area is 177 Å². The molecule has 0 saturated heterocycles. The van der Waals surface area contributed by atoms with Crippen molar-refractivity contribution < 1.29 is 23.6 Å². The van der Waals surface area contributed by atoms with Gasteiger partial charge in [0.25, 0.3) is 5.82 Å². The molecule has 3 aromatic rings. The zero-order valence-corrected chi connectivity index (χ0v) is 18.3. The van der Waals surface area contributed by atoms with Gasteiger partial charge in [-0.05, 0) is 58.0 Å². The monoisotopic (exact) mass is 409 g/mol. The summed E-state index contributed by atoms with van der Waals surface area (Å²) in [6.07, 6.45) is 0. The summed E-state index contributed by atoms with van der Waals surface area (Å²) < 4.78 is 15.4. The minimum absolute atomic E-state index is 0.0154. The van der Waals surface area contributed by atoms with E-state index in [1.165, 1.54) is 0 Å². The molecule has 6 heteroatoms. The zero-order valence-electron chi connectivity index (χ0n) is 18.3. The minimum Gasteiger partial charge on any atom is -0.493 e. The van der Waals surface area contributed by atoms with Crippen LogP contribution >= 0.6 is 0 Å². The third-order valence-corrected chi connectivity index (χ3v) is 5.26. The van der Waals surface area contributed by atoms with E-state index in [0.29, 0.717) is 30.9 Å². The number of fused-ring (bicyclic) bond motifs is 1. The van der Waals surface area contributed by atoms with Crippen LogP contribution < -0.4 is 9.30 Å². The van der Waals surface area contributed by atoms with Gasteiger partial charge in [-0.2, -0.15) is 0 Å². The SMILES string of the molecule is CCOC(=O)c1ccc2c(c1)n(Cc1cc(C(C)=O)ccc1OCC)c(C)[n+]2CC. The van der Waals surface area contributed by atoms with Crippen molar-refractivity contribution in [1.82, 2.24) is 4.57 Å². The molecule has 0 amide bonds. The predicted octanol–water partition coefficient (Wildman–Crippen LogP) is 4.08. The van der Waals surface area contributed by atoms with Crippen molar-refractivity contribution in [3.8, 4) is 5.75 Å². The highest BCUT2D eigenvalue weighted by molar-refractivity contribution is 5.94. The first kappa shape index (κ1) is 21.6. The largest absolute Gasteiger partial charge is 0.493 e. The minimum atomic E-state index is -0.332. The predicted molar refractivity (Wildman–Crippen MR) is 115 cm³/mol. The third kappa shape index (κ3) is 4.08. The highest BCUT2D eigenvalue weighted by atomic mass is 16.5. The lowest BCUT2D eigenvalue weighted by molar-refractivity contribution is -0.674. The van der Waals surface area contributed by atoms with Crippen molar-refractivity contribution in [2.75, 3.05) is 13.2 Å². The number of benzene rings is 2. The van der Waals surface area contributed by atoms with E-state index < -0.39 is 0 Å². The van der Waals surface area contributed by atoms with Crippen LogP contribution in [0.4, 0.5) is 0 Å². The number of rotatable bonds is 8. The first-order valence-electron chi connectivity index (χ1n) is 10.4. The maximum absolute atomic E-state index is 12.3. The number of ether oxygens (including phenoxy) is 2. The molecule has 0 saturated carbocycles. The number of hydrogen-bond acceptors (Lipinski definition) is 4. The second kappa shape index (κ2) is 9.11. The molecule has 0 unspecified atom stereocenters. The molecule has 0 spiro atoms. The van der Waals surface area contributed by atoms with Gasteiger partial charge in [-0.25, -0.2) is 13.9 Å². The van der Waals surface area contributed by atoms with Crippen molar-refractivity contribution in [3.63, 3.8) is 0 Å². The number of Topliss-reactive ketones (excluding diaryl/α,β-unsaturated/α-hetero) is 1. The maximum atomic E-state index is 12.3. The molecule has 0 aliphatic carbocycles.